The van der Waals surface area contributed by atoms with Gasteiger partial charge in [0.2, 0.25) is 11.8 Å². The minimum Gasteiger partial charge on any atom is -0.340 e. The van der Waals surface area contributed by atoms with E-state index in [1.807, 2.05) is 11.4 Å². The number of thiophene rings is 1. The van der Waals surface area contributed by atoms with E-state index < -0.39 is 5.54 Å². The third kappa shape index (κ3) is 5.18. The van der Waals surface area contributed by atoms with E-state index >= 15 is 0 Å². The zero-order valence-electron chi connectivity index (χ0n) is 17.3. The molecule has 1 fully saturated rings. The van der Waals surface area contributed by atoms with Crippen molar-refractivity contribution in [3.63, 3.8) is 0 Å². The molecule has 0 spiro atoms. The molecule has 1 aliphatic rings. The van der Waals surface area contributed by atoms with Crippen LogP contribution in [0.4, 0.5) is 11.4 Å². The number of hydrogen-bond acceptors (Lipinski definition) is 7. The summed E-state index contributed by atoms with van der Waals surface area (Å²) in [6.07, 6.45) is 5.03. The summed E-state index contributed by atoms with van der Waals surface area (Å²) in [4.78, 5) is 29.7. The van der Waals surface area contributed by atoms with Crippen LogP contribution in [-0.2, 0) is 10.3 Å². The van der Waals surface area contributed by atoms with E-state index in [0.717, 1.165) is 25.7 Å². The predicted octanol–water partition coefficient (Wildman–Crippen LogP) is 4.08. The second-order valence-electron chi connectivity index (χ2n) is 7.69. The summed E-state index contributed by atoms with van der Waals surface area (Å²) in [6, 6.07) is 10.7. The fourth-order valence-electron chi connectivity index (χ4n) is 3.82. The molecule has 9 heteroatoms. The van der Waals surface area contributed by atoms with Crippen molar-refractivity contribution in [2.75, 3.05) is 17.2 Å². The second-order valence-corrected chi connectivity index (χ2v) is 8.64. The first-order valence-corrected chi connectivity index (χ1v) is 11.2. The van der Waals surface area contributed by atoms with E-state index in [1.54, 1.807) is 37.3 Å². The van der Waals surface area contributed by atoms with Crippen molar-refractivity contribution >= 4 is 34.5 Å². The number of amides is 2. The maximum atomic E-state index is 12.5. The van der Waals surface area contributed by atoms with Crippen molar-refractivity contribution in [3.8, 4) is 0 Å². The van der Waals surface area contributed by atoms with E-state index in [-0.39, 0.29) is 18.4 Å². The molecule has 162 valence electrons. The van der Waals surface area contributed by atoms with Crippen LogP contribution in [0.5, 0.6) is 0 Å². The highest BCUT2D eigenvalue weighted by Gasteiger charge is 2.38. The molecule has 3 aromatic rings. The normalized spacial score (nSPS) is 15.4. The third-order valence-corrected chi connectivity index (χ3v) is 6.29. The van der Waals surface area contributed by atoms with E-state index in [4.69, 9.17) is 4.52 Å². The highest BCUT2D eigenvalue weighted by Crippen LogP contribution is 2.35. The van der Waals surface area contributed by atoms with Crippen LogP contribution in [0.3, 0.4) is 0 Å². The minimum atomic E-state index is -0.427. The first-order valence-electron chi connectivity index (χ1n) is 10.3. The van der Waals surface area contributed by atoms with Crippen molar-refractivity contribution in [2.24, 2.45) is 0 Å². The summed E-state index contributed by atoms with van der Waals surface area (Å²) >= 11 is 1.39. The Kier molecular flexibility index (Phi) is 6.43. The summed E-state index contributed by atoms with van der Waals surface area (Å²) in [7, 11) is 0. The summed E-state index contributed by atoms with van der Waals surface area (Å²) < 4.78 is 5.18. The highest BCUT2D eigenvalue weighted by molar-refractivity contribution is 7.12. The van der Waals surface area contributed by atoms with Crippen molar-refractivity contribution in [1.29, 1.82) is 0 Å². The second kappa shape index (κ2) is 9.40. The Morgan fingerprint density at radius 1 is 1.06 bits per heavy atom. The lowest BCUT2D eigenvalue weighted by atomic mass is 9.81. The van der Waals surface area contributed by atoms with Crippen LogP contribution < -0.4 is 16.0 Å². The fraction of sp³-hybridized carbons (Fsp3) is 0.364. The summed E-state index contributed by atoms with van der Waals surface area (Å²) in [5, 5.41) is 15.1. The molecule has 2 amide bonds. The summed E-state index contributed by atoms with van der Waals surface area (Å²) in [5.74, 6) is 0.854. The molecule has 0 unspecified atom stereocenters. The zero-order chi connectivity index (χ0) is 21.7. The number of nitrogens with zero attached hydrogens (tertiary/aromatic N) is 2. The van der Waals surface area contributed by atoms with Gasteiger partial charge in [0.05, 0.1) is 17.0 Å². The lowest BCUT2D eigenvalue weighted by molar-refractivity contribution is -0.115. The lowest BCUT2D eigenvalue weighted by Gasteiger charge is -2.35. The van der Waals surface area contributed by atoms with Gasteiger partial charge in [-0.25, -0.2) is 0 Å². The molecule has 3 N–H and O–H groups in total. The average molecular weight is 440 g/mol. The van der Waals surface area contributed by atoms with Gasteiger partial charge in [-0.3, -0.25) is 14.9 Å². The van der Waals surface area contributed by atoms with E-state index in [9.17, 15) is 9.59 Å². The van der Waals surface area contributed by atoms with Gasteiger partial charge in [-0.2, -0.15) is 4.98 Å². The Morgan fingerprint density at radius 3 is 2.39 bits per heavy atom. The Bertz CT molecular complexity index is 1020. The number of benzene rings is 1. The van der Waals surface area contributed by atoms with E-state index in [1.165, 1.54) is 17.8 Å². The number of carbonyl (C=O) groups excluding carboxylic acids is 2. The first-order chi connectivity index (χ1) is 15.0. The summed E-state index contributed by atoms with van der Waals surface area (Å²) in [6.45, 7) is 1.91. The molecule has 31 heavy (non-hydrogen) atoms. The largest absolute Gasteiger partial charge is 0.340 e. The zero-order valence-corrected chi connectivity index (χ0v) is 18.1. The highest BCUT2D eigenvalue weighted by atomic mass is 32.1. The first kappa shape index (κ1) is 21.2. The number of anilines is 2. The van der Waals surface area contributed by atoms with Crippen molar-refractivity contribution < 1.29 is 14.1 Å². The van der Waals surface area contributed by atoms with Crippen LogP contribution in [0.1, 0.15) is 53.5 Å². The van der Waals surface area contributed by atoms with Crippen LogP contribution in [-0.4, -0.2) is 28.5 Å². The molecule has 4 rings (SSSR count). The van der Waals surface area contributed by atoms with Gasteiger partial charge in [0.15, 0.2) is 5.82 Å². The fourth-order valence-corrected chi connectivity index (χ4v) is 4.44. The number of nitrogens with one attached hydrogen (secondary N) is 3. The number of aryl methyl sites for hydroxylation is 1. The smallest absolute Gasteiger partial charge is 0.265 e. The number of rotatable bonds is 7. The van der Waals surface area contributed by atoms with Gasteiger partial charge in [-0.15, -0.1) is 11.3 Å². The molecule has 8 nitrogen and oxygen atoms in total. The standard InChI is InChI=1S/C22H25N5O3S/c1-15-24-21(27-30-15)22(11-3-2-4-12-22)23-14-19(28)25-16-7-9-17(10-8-16)26-20(29)18-6-5-13-31-18/h5-10,13,23H,2-4,11-12,14H2,1H3,(H,25,28)(H,26,29). The number of carbonyl (C=O) groups is 2. The van der Waals surface area contributed by atoms with Crippen molar-refractivity contribution in [2.45, 2.75) is 44.6 Å². The topological polar surface area (TPSA) is 109 Å². The van der Waals surface area contributed by atoms with E-state index in [0.29, 0.717) is 28.0 Å². The predicted molar refractivity (Wildman–Crippen MR) is 119 cm³/mol. The SMILES string of the molecule is Cc1nc(C2(NCC(=O)Nc3ccc(NC(=O)c4cccs4)cc3)CCCCC2)no1. The minimum absolute atomic E-state index is 0.143. The molecule has 2 heterocycles. The molecule has 1 aliphatic carbocycles. The Hall–Kier alpha value is -3.04. The van der Waals surface area contributed by atoms with Gasteiger partial charge in [-0.1, -0.05) is 30.5 Å². The summed E-state index contributed by atoms with van der Waals surface area (Å²) in [5.41, 5.74) is 0.903. The third-order valence-electron chi connectivity index (χ3n) is 5.42. The molecular formula is C22H25N5O3S. The van der Waals surface area contributed by atoms with Gasteiger partial charge in [0, 0.05) is 18.3 Å². The molecule has 0 radical (unpaired) electrons. The van der Waals surface area contributed by atoms with Gasteiger partial charge in [-0.05, 0) is 48.6 Å². The maximum Gasteiger partial charge on any atom is 0.265 e. The van der Waals surface area contributed by atoms with Crippen LogP contribution in [0.25, 0.3) is 0 Å². The van der Waals surface area contributed by atoms with Crippen LogP contribution in [0.15, 0.2) is 46.3 Å². The van der Waals surface area contributed by atoms with Crippen LogP contribution in [0.2, 0.25) is 0 Å². The molecule has 1 saturated carbocycles. The monoisotopic (exact) mass is 439 g/mol. The van der Waals surface area contributed by atoms with Gasteiger partial charge < -0.3 is 15.2 Å². The number of aromatic nitrogens is 2. The molecule has 0 aliphatic heterocycles. The quantitative estimate of drug-likeness (QED) is 0.512. The number of hydrogen-bond donors (Lipinski definition) is 3. The molecule has 0 atom stereocenters. The Balaban J connectivity index is 1.33. The molecule has 2 aromatic heterocycles. The van der Waals surface area contributed by atoms with E-state index in [2.05, 4.69) is 26.1 Å². The van der Waals surface area contributed by atoms with Crippen LogP contribution >= 0.6 is 11.3 Å². The Morgan fingerprint density at radius 2 is 1.77 bits per heavy atom. The van der Waals surface area contributed by atoms with Crippen molar-refractivity contribution in [3.05, 3.63) is 58.4 Å². The molecule has 0 bridgehead atoms. The van der Waals surface area contributed by atoms with Gasteiger partial charge in [0.1, 0.15) is 0 Å². The van der Waals surface area contributed by atoms with Gasteiger partial charge in [0.25, 0.3) is 5.91 Å². The molecule has 0 saturated heterocycles. The van der Waals surface area contributed by atoms with Crippen molar-refractivity contribution in [1.82, 2.24) is 15.5 Å². The molecular weight excluding hydrogens is 414 g/mol. The maximum absolute atomic E-state index is 12.5. The Labute approximate surface area is 184 Å². The lowest BCUT2D eigenvalue weighted by Crippen LogP contribution is -2.48. The molecule has 1 aromatic carbocycles. The van der Waals surface area contributed by atoms with Gasteiger partial charge >= 0.3 is 0 Å². The average Bonchev–Trinajstić information content (AvgIpc) is 3.47. The van der Waals surface area contributed by atoms with Crippen LogP contribution in [0, 0.1) is 6.92 Å².